The van der Waals surface area contributed by atoms with E-state index >= 15 is 0 Å². The molecule has 0 aromatic heterocycles. The summed E-state index contributed by atoms with van der Waals surface area (Å²) in [6.45, 7) is 11.7. The maximum atomic E-state index is 11.2. The van der Waals surface area contributed by atoms with Gasteiger partial charge >= 0.3 is 0 Å². The highest BCUT2D eigenvalue weighted by molar-refractivity contribution is 5.73. The number of carbonyl (C=O) groups is 1. The monoisotopic (exact) mass is 410 g/mol. The molecule has 5 nitrogen and oxygen atoms in total. The molecule has 3 atom stereocenters. The van der Waals surface area contributed by atoms with Crippen LogP contribution in [0.25, 0.3) is 0 Å². The third-order valence-corrected chi connectivity index (χ3v) is 5.67. The fraction of sp³-hybridized carbons (Fsp3) is 0.480. The molecule has 2 aromatic rings. The maximum Gasteiger partial charge on any atom is 0.217 e. The van der Waals surface area contributed by atoms with Crippen LogP contribution in [0.15, 0.2) is 42.5 Å². The number of nitrogens with zero attached hydrogens (tertiary/aromatic N) is 1. The molecule has 162 valence electrons. The molecule has 1 fully saturated rings. The van der Waals surface area contributed by atoms with E-state index in [-0.39, 0.29) is 24.2 Å². The van der Waals surface area contributed by atoms with Crippen molar-refractivity contribution in [1.29, 1.82) is 0 Å². The highest BCUT2D eigenvalue weighted by atomic mass is 16.5. The first-order chi connectivity index (χ1) is 14.4. The summed E-state index contributed by atoms with van der Waals surface area (Å²) in [4.78, 5) is 13.6. The molecule has 0 saturated carbocycles. The van der Waals surface area contributed by atoms with E-state index in [9.17, 15) is 4.79 Å². The summed E-state index contributed by atoms with van der Waals surface area (Å²) in [6, 6.07) is 14.4. The fourth-order valence-corrected chi connectivity index (χ4v) is 3.83. The number of benzene rings is 2. The number of anilines is 1. The zero-order valence-corrected chi connectivity index (χ0v) is 18.8. The van der Waals surface area contributed by atoms with Crippen LogP contribution in [0.1, 0.15) is 57.7 Å². The molecule has 2 aromatic carbocycles. The molecule has 1 heterocycles. The molecule has 1 N–H and O–H groups in total. The van der Waals surface area contributed by atoms with Gasteiger partial charge in [0.15, 0.2) is 0 Å². The first kappa shape index (κ1) is 22.0. The second-order valence-corrected chi connectivity index (χ2v) is 8.25. The number of rotatable bonds is 8. The van der Waals surface area contributed by atoms with Gasteiger partial charge in [-0.25, -0.2) is 0 Å². The largest absolute Gasteiger partial charge is 0.491 e. The van der Waals surface area contributed by atoms with Gasteiger partial charge in [0, 0.05) is 25.6 Å². The lowest BCUT2D eigenvalue weighted by Crippen LogP contribution is -2.25. The number of carbonyl (C=O) groups excluding carboxylic acids is 1. The number of hydrogen-bond donors (Lipinski definition) is 1. The van der Waals surface area contributed by atoms with Crippen LogP contribution in [0, 0.1) is 6.92 Å². The van der Waals surface area contributed by atoms with E-state index in [1.807, 2.05) is 31.2 Å². The minimum atomic E-state index is -0.0244. The summed E-state index contributed by atoms with van der Waals surface area (Å²) in [6.07, 6.45) is 2.39. The number of nitrogens with one attached hydrogen (secondary N) is 1. The van der Waals surface area contributed by atoms with Gasteiger partial charge in [-0.1, -0.05) is 19.1 Å². The molecule has 3 unspecified atom stereocenters. The Bertz CT molecular complexity index is 850. The predicted molar refractivity (Wildman–Crippen MR) is 121 cm³/mol. The van der Waals surface area contributed by atoms with E-state index in [2.05, 4.69) is 49.2 Å². The van der Waals surface area contributed by atoms with Gasteiger partial charge in [-0.2, -0.15) is 0 Å². The van der Waals surface area contributed by atoms with Gasteiger partial charge in [-0.05, 0) is 68.7 Å². The van der Waals surface area contributed by atoms with Gasteiger partial charge in [-0.15, -0.1) is 0 Å². The van der Waals surface area contributed by atoms with Crippen LogP contribution in [-0.4, -0.2) is 31.2 Å². The summed E-state index contributed by atoms with van der Waals surface area (Å²) in [7, 11) is 0. The van der Waals surface area contributed by atoms with E-state index in [4.69, 9.17) is 9.47 Å². The molecule has 0 bridgehead atoms. The van der Waals surface area contributed by atoms with Crippen LogP contribution in [0.4, 0.5) is 5.69 Å². The molecule has 1 amide bonds. The van der Waals surface area contributed by atoms with Crippen molar-refractivity contribution >= 4 is 11.6 Å². The Morgan fingerprint density at radius 1 is 1.17 bits per heavy atom. The van der Waals surface area contributed by atoms with E-state index in [1.54, 1.807) is 0 Å². The van der Waals surface area contributed by atoms with Crippen molar-refractivity contribution in [3.8, 4) is 11.5 Å². The molecule has 30 heavy (non-hydrogen) atoms. The molecule has 1 aliphatic rings. The van der Waals surface area contributed by atoms with Gasteiger partial charge in [0.05, 0.1) is 18.7 Å². The SMILES string of the molecule is CCC(C)Oc1ccc(N2CCC(Oc3ccc(C(C)NC(C)=O)cc3)C2)c(C)c1. The summed E-state index contributed by atoms with van der Waals surface area (Å²) >= 11 is 0. The van der Waals surface area contributed by atoms with Gasteiger partial charge < -0.3 is 19.7 Å². The summed E-state index contributed by atoms with van der Waals surface area (Å²) in [5.74, 6) is 1.78. The van der Waals surface area contributed by atoms with Crippen molar-refractivity contribution in [3.05, 3.63) is 53.6 Å². The Balaban J connectivity index is 1.57. The van der Waals surface area contributed by atoms with Crippen molar-refractivity contribution < 1.29 is 14.3 Å². The Morgan fingerprint density at radius 3 is 2.50 bits per heavy atom. The molecule has 0 radical (unpaired) electrons. The van der Waals surface area contributed by atoms with Crippen LogP contribution in [-0.2, 0) is 4.79 Å². The second-order valence-electron chi connectivity index (χ2n) is 8.25. The van der Waals surface area contributed by atoms with Crippen molar-refractivity contribution in [1.82, 2.24) is 5.32 Å². The molecular formula is C25H34N2O3. The number of aryl methyl sites for hydroxylation is 1. The summed E-state index contributed by atoms with van der Waals surface area (Å²) in [5, 5.41) is 2.90. The topological polar surface area (TPSA) is 50.8 Å². The highest BCUT2D eigenvalue weighted by Gasteiger charge is 2.25. The van der Waals surface area contributed by atoms with E-state index in [0.717, 1.165) is 43.0 Å². The van der Waals surface area contributed by atoms with Crippen molar-refractivity contribution in [2.45, 2.75) is 65.7 Å². The molecule has 0 spiro atoms. The third kappa shape index (κ3) is 5.68. The van der Waals surface area contributed by atoms with Crippen molar-refractivity contribution in [3.63, 3.8) is 0 Å². The lowest BCUT2D eigenvalue weighted by molar-refractivity contribution is -0.119. The first-order valence-electron chi connectivity index (χ1n) is 10.9. The number of amides is 1. The van der Waals surface area contributed by atoms with Crippen molar-refractivity contribution in [2.24, 2.45) is 0 Å². The minimum absolute atomic E-state index is 0.00578. The Labute approximate surface area is 180 Å². The lowest BCUT2D eigenvalue weighted by Gasteiger charge is -2.22. The predicted octanol–water partition coefficient (Wildman–Crippen LogP) is 5.03. The average molecular weight is 411 g/mol. The quantitative estimate of drug-likeness (QED) is 0.663. The lowest BCUT2D eigenvalue weighted by atomic mass is 10.1. The molecule has 0 aliphatic carbocycles. The molecule has 3 rings (SSSR count). The zero-order valence-electron chi connectivity index (χ0n) is 18.8. The summed E-state index contributed by atoms with van der Waals surface area (Å²) < 4.78 is 12.2. The van der Waals surface area contributed by atoms with Crippen LogP contribution >= 0.6 is 0 Å². The molecule has 5 heteroatoms. The smallest absolute Gasteiger partial charge is 0.217 e. The summed E-state index contributed by atoms with van der Waals surface area (Å²) in [5.41, 5.74) is 3.55. The van der Waals surface area contributed by atoms with Gasteiger partial charge in [0.25, 0.3) is 0 Å². The fourth-order valence-electron chi connectivity index (χ4n) is 3.83. The van der Waals surface area contributed by atoms with Crippen LogP contribution < -0.4 is 19.7 Å². The first-order valence-corrected chi connectivity index (χ1v) is 10.9. The van der Waals surface area contributed by atoms with Gasteiger partial charge in [0.2, 0.25) is 5.91 Å². The Kier molecular flexibility index (Phi) is 7.24. The van der Waals surface area contributed by atoms with Crippen LogP contribution in [0.3, 0.4) is 0 Å². The average Bonchev–Trinajstić information content (AvgIpc) is 3.16. The van der Waals surface area contributed by atoms with Crippen LogP contribution in [0.2, 0.25) is 0 Å². The molecular weight excluding hydrogens is 376 g/mol. The third-order valence-electron chi connectivity index (χ3n) is 5.67. The standard InChI is InChI=1S/C25H34N2O3/c1-6-18(3)29-23-11-12-25(17(2)15-23)27-14-13-24(16-27)30-22-9-7-21(8-10-22)19(4)26-20(5)28/h7-12,15,18-19,24H,6,13-14,16H2,1-5H3,(H,26,28). The second kappa shape index (κ2) is 9.88. The molecule has 1 saturated heterocycles. The Morgan fingerprint density at radius 2 is 1.87 bits per heavy atom. The normalized spacial score (nSPS) is 18.0. The van der Waals surface area contributed by atoms with Crippen LogP contribution in [0.5, 0.6) is 11.5 Å². The van der Waals surface area contributed by atoms with Crippen molar-refractivity contribution in [2.75, 3.05) is 18.0 Å². The van der Waals surface area contributed by atoms with E-state index in [1.165, 1.54) is 18.2 Å². The highest BCUT2D eigenvalue weighted by Crippen LogP contribution is 2.30. The number of hydrogen-bond acceptors (Lipinski definition) is 4. The minimum Gasteiger partial charge on any atom is -0.491 e. The zero-order chi connectivity index (χ0) is 21.7. The Hall–Kier alpha value is -2.69. The van der Waals surface area contributed by atoms with E-state index in [0.29, 0.717) is 0 Å². The molecule has 1 aliphatic heterocycles. The number of ether oxygens (including phenoxy) is 2. The maximum absolute atomic E-state index is 11.2. The van der Waals surface area contributed by atoms with Gasteiger partial charge in [0.1, 0.15) is 17.6 Å². The van der Waals surface area contributed by atoms with E-state index < -0.39 is 0 Å². The van der Waals surface area contributed by atoms with Gasteiger partial charge in [-0.3, -0.25) is 4.79 Å².